The summed E-state index contributed by atoms with van der Waals surface area (Å²) in [5.74, 6) is -0.330. The van der Waals surface area contributed by atoms with Gasteiger partial charge in [-0.2, -0.15) is 0 Å². The molecule has 0 radical (unpaired) electrons. The van der Waals surface area contributed by atoms with Gasteiger partial charge in [-0.15, -0.1) is 0 Å². The van der Waals surface area contributed by atoms with E-state index in [0.717, 1.165) is 16.9 Å². The number of quaternary nitrogens is 1. The van der Waals surface area contributed by atoms with Gasteiger partial charge < -0.3 is 9.84 Å². The lowest BCUT2D eigenvalue weighted by molar-refractivity contribution is -0.357. The van der Waals surface area contributed by atoms with Crippen LogP contribution in [-0.4, -0.2) is 13.2 Å². The SMILES string of the molecule is CCO/C([O-])=C/[N+](C/C=C/c1ccccc1)(c1ccccc1)c1ccccc1. The molecule has 0 unspecified atom stereocenters. The molecule has 0 N–H and O–H groups in total. The highest BCUT2D eigenvalue weighted by molar-refractivity contribution is 5.62. The minimum absolute atomic E-state index is 0.254. The Kier molecular flexibility index (Phi) is 6.66. The quantitative estimate of drug-likeness (QED) is 0.401. The van der Waals surface area contributed by atoms with Crippen molar-refractivity contribution in [1.82, 2.24) is 4.48 Å². The Hall–Kier alpha value is -3.30. The van der Waals surface area contributed by atoms with Crippen molar-refractivity contribution < 1.29 is 9.84 Å². The lowest BCUT2D eigenvalue weighted by Crippen LogP contribution is -2.40. The number of hydrogen-bond acceptors (Lipinski definition) is 2. The van der Waals surface area contributed by atoms with Gasteiger partial charge in [0.05, 0.1) is 0 Å². The summed E-state index contributed by atoms with van der Waals surface area (Å²) in [6.45, 7) is 2.75. The second kappa shape index (κ2) is 9.58. The zero-order chi connectivity index (χ0) is 19.7. The molecule has 0 spiro atoms. The lowest BCUT2D eigenvalue weighted by Gasteiger charge is -2.34. The van der Waals surface area contributed by atoms with Crippen LogP contribution < -0.4 is 9.59 Å². The van der Waals surface area contributed by atoms with E-state index < -0.39 is 0 Å². The van der Waals surface area contributed by atoms with Gasteiger partial charge in [0.15, 0.2) is 0 Å². The molecule has 3 aromatic carbocycles. The molecule has 0 amide bonds. The van der Waals surface area contributed by atoms with Crippen molar-refractivity contribution in [3.8, 4) is 0 Å². The maximum atomic E-state index is 12.5. The largest absolute Gasteiger partial charge is 0.610 e. The van der Waals surface area contributed by atoms with Crippen molar-refractivity contribution in [2.45, 2.75) is 6.92 Å². The second-order valence-electron chi connectivity index (χ2n) is 6.42. The van der Waals surface area contributed by atoms with E-state index in [1.54, 1.807) is 6.20 Å². The average molecular weight is 371 g/mol. The number of nitrogens with zero attached hydrogens (tertiary/aromatic N) is 1. The van der Waals surface area contributed by atoms with Crippen molar-refractivity contribution >= 4 is 17.5 Å². The molecule has 0 atom stereocenters. The molecule has 0 aliphatic carbocycles. The molecule has 0 fully saturated rings. The Bertz CT molecular complexity index is 864. The maximum absolute atomic E-state index is 12.5. The summed E-state index contributed by atoms with van der Waals surface area (Å²) in [7, 11) is 0. The Morgan fingerprint density at radius 3 is 1.82 bits per heavy atom. The molecule has 0 saturated carbocycles. The summed E-state index contributed by atoms with van der Waals surface area (Å²) in [6, 6.07) is 30.2. The van der Waals surface area contributed by atoms with Crippen LogP contribution in [0.2, 0.25) is 0 Å². The number of hydrogen-bond donors (Lipinski definition) is 0. The zero-order valence-corrected chi connectivity index (χ0v) is 16.1. The van der Waals surface area contributed by atoms with Crippen LogP contribution in [-0.2, 0) is 4.74 Å². The predicted molar refractivity (Wildman–Crippen MR) is 114 cm³/mol. The van der Waals surface area contributed by atoms with Gasteiger partial charge in [-0.25, -0.2) is 4.48 Å². The molecule has 3 aromatic rings. The summed E-state index contributed by atoms with van der Waals surface area (Å²) in [6.07, 6.45) is 5.84. The van der Waals surface area contributed by atoms with Crippen LogP contribution in [0.1, 0.15) is 12.5 Å². The molecule has 0 aromatic heterocycles. The fourth-order valence-electron chi connectivity index (χ4n) is 3.23. The fraction of sp³-hybridized carbons (Fsp3) is 0.120. The van der Waals surface area contributed by atoms with Crippen LogP contribution in [0.4, 0.5) is 11.4 Å². The van der Waals surface area contributed by atoms with Crippen LogP contribution >= 0.6 is 0 Å². The molecule has 3 nitrogen and oxygen atoms in total. The molecule has 0 aliphatic heterocycles. The van der Waals surface area contributed by atoms with Crippen LogP contribution in [0.15, 0.2) is 109 Å². The lowest BCUT2D eigenvalue weighted by atomic mass is 10.1. The predicted octanol–water partition coefficient (Wildman–Crippen LogP) is 5.23. The molecule has 142 valence electrons. The van der Waals surface area contributed by atoms with Gasteiger partial charge in [0.1, 0.15) is 30.1 Å². The van der Waals surface area contributed by atoms with E-state index in [1.165, 1.54) is 0 Å². The third-order valence-corrected chi connectivity index (χ3v) is 4.55. The van der Waals surface area contributed by atoms with Gasteiger partial charge in [0.2, 0.25) is 0 Å². The summed E-state index contributed by atoms with van der Waals surface area (Å²) in [4.78, 5) is 0. The molecular weight excluding hydrogens is 346 g/mol. The average Bonchev–Trinajstić information content (AvgIpc) is 2.75. The van der Waals surface area contributed by atoms with Crippen LogP contribution in [0.5, 0.6) is 0 Å². The number of benzene rings is 3. The second-order valence-corrected chi connectivity index (χ2v) is 6.42. The van der Waals surface area contributed by atoms with E-state index in [4.69, 9.17) is 4.74 Å². The standard InChI is InChI=1S/C25H25NO2/c1-2-28-25(27)21-26(23-16-8-4-9-17-23,24-18-10-5-11-19-24)20-12-15-22-13-6-3-7-14-22/h3-19,21H,2,20H2,1H3/b15-12+,25-21+. The first-order valence-electron chi connectivity index (χ1n) is 9.48. The summed E-state index contributed by atoms with van der Waals surface area (Å²) in [5.41, 5.74) is 3.12. The molecule has 0 aliphatic rings. The van der Waals surface area contributed by atoms with E-state index in [0.29, 0.717) is 13.2 Å². The third-order valence-electron chi connectivity index (χ3n) is 4.55. The molecule has 0 saturated heterocycles. The molecule has 3 rings (SSSR count). The van der Waals surface area contributed by atoms with Gasteiger partial charge in [0.25, 0.3) is 0 Å². The van der Waals surface area contributed by atoms with E-state index in [2.05, 4.69) is 24.3 Å². The Labute approximate surface area is 167 Å². The zero-order valence-electron chi connectivity index (χ0n) is 16.1. The van der Waals surface area contributed by atoms with E-state index >= 15 is 0 Å². The summed E-state index contributed by atoms with van der Waals surface area (Å²) in [5, 5.41) is 12.5. The van der Waals surface area contributed by atoms with Crippen molar-refractivity contribution in [2.75, 3.05) is 13.2 Å². The monoisotopic (exact) mass is 371 g/mol. The first-order chi connectivity index (χ1) is 13.7. The van der Waals surface area contributed by atoms with Crippen LogP contribution in [0.3, 0.4) is 0 Å². The maximum Gasteiger partial charge on any atom is 0.142 e. The minimum atomic E-state index is -0.330. The highest BCUT2D eigenvalue weighted by Crippen LogP contribution is 2.36. The van der Waals surface area contributed by atoms with E-state index in [-0.39, 0.29) is 10.4 Å². The summed E-state index contributed by atoms with van der Waals surface area (Å²) < 4.78 is 5.52. The molecular formula is C25H25NO2. The Morgan fingerprint density at radius 2 is 1.32 bits per heavy atom. The smallest absolute Gasteiger partial charge is 0.142 e. The van der Waals surface area contributed by atoms with Gasteiger partial charge in [-0.05, 0) is 42.5 Å². The Morgan fingerprint density at radius 1 is 0.821 bits per heavy atom. The third kappa shape index (κ3) is 4.70. The number of para-hydroxylation sites is 2. The van der Waals surface area contributed by atoms with Gasteiger partial charge in [-0.3, -0.25) is 0 Å². The van der Waals surface area contributed by atoms with Gasteiger partial charge in [0, 0.05) is 0 Å². The Balaban J connectivity index is 2.09. The van der Waals surface area contributed by atoms with Gasteiger partial charge >= 0.3 is 0 Å². The normalized spacial score (nSPS) is 12.2. The van der Waals surface area contributed by atoms with E-state index in [9.17, 15) is 5.11 Å². The molecule has 28 heavy (non-hydrogen) atoms. The number of rotatable bonds is 8. The highest BCUT2D eigenvalue weighted by Gasteiger charge is 2.30. The summed E-state index contributed by atoms with van der Waals surface area (Å²) >= 11 is 0. The minimum Gasteiger partial charge on any atom is -0.610 e. The van der Waals surface area contributed by atoms with Gasteiger partial charge in [-0.1, -0.05) is 79.7 Å². The van der Waals surface area contributed by atoms with Crippen molar-refractivity contribution in [3.05, 3.63) is 115 Å². The van der Waals surface area contributed by atoms with Crippen LogP contribution in [0.25, 0.3) is 6.08 Å². The topological polar surface area (TPSA) is 32.3 Å². The molecule has 0 bridgehead atoms. The van der Waals surface area contributed by atoms with Crippen LogP contribution in [0, 0.1) is 0 Å². The number of ether oxygens (including phenoxy) is 1. The highest BCUT2D eigenvalue weighted by atomic mass is 16.6. The van der Waals surface area contributed by atoms with Crippen molar-refractivity contribution in [2.24, 2.45) is 0 Å². The molecule has 3 heteroatoms. The van der Waals surface area contributed by atoms with Crippen molar-refractivity contribution in [3.63, 3.8) is 0 Å². The first kappa shape index (κ1) is 19.5. The van der Waals surface area contributed by atoms with E-state index in [1.807, 2.05) is 85.8 Å². The first-order valence-corrected chi connectivity index (χ1v) is 9.48. The van der Waals surface area contributed by atoms with Crippen molar-refractivity contribution in [1.29, 1.82) is 0 Å². The molecule has 0 heterocycles. The fourth-order valence-corrected chi connectivity index (χ4v) is 3.23.